The van der Waals surface area contributed by atoms with E-state index in [9.17, 15) is 4.39 Å². The van der Waals surface area contributed by atoms with Crippen molar-refractivity contribution in [3.63, 3.8) is 0 Å². The lowest BCUT2D eigenvalue weighted by atomic mass is 10.1. The molecule has 2 aromatic rings. The molecular formula is C18H20ClFN2O. The summed E-state index contributed by atoms with van der Waals surface area (Å²) in [7, 11) is 2.10. The van der Waals surface area contributed by atoms with Gasteiger partial charge in [-0.1, -0.05) is 11.6 Å². The van der Waals surface area contributed by atoms with Crippen molar-refractivity contribution in [1.82, 2.24) is 9.88 Å². The van der Waals surface area contributed by atoms with E-state index in [1.165, 1.54) is 6.42 Å². The molecule has 1 aromatic carbocycles. The molecule has 1 atom stereocenters. The van der Waals surface area contributed by atoms with Gasteiger partial charge in [0.1, 0.15) is 12.1 Å². The Balaban J connectivity index is 1.60. The predicted molar refractivity (Wildman–Crippen MR) is 89.8 cm³/mol. The number of pyridine rings is 1. The highest BCUT2D eigenvalue weighted by Crippen LogP contribution is 2.45. The van der Waals surface area contributed by atoms with E-state index in [4.69, 9.17) is 16.3 Å². The lowest BCUT2D eigenvalue weighted by molar-refractivity contribution is 0.193. The number of hydrogen-bond acceptors (Lipinski definition) is 3. The first-order chi connectivity index (χ1) is 11.1. The zero-order chi connectivity index (χ0) is 16.0. The second-order valence-electron chi connectivity index (χ2n) is 6.68. The average Bonchev–Trinajstić information content (AvgIpc) is 3.31. The molecule has 1 saturated carbocycles. The number of likely N-dealkylation sites (N-methyl/N-ethyl adjacent to an activating group) is 1. The third-order valence-electron chi connectivity index (χ3n) is 4.98. The molecule has 0 amide bonds. The van der Waals surface area contributed by atoms with Gasteiger partial charge in [0.05, 0.1) is 5.02 Å². The van der Waals surface area contributed by atoms with Crippen LogP contribution in [0, 0.1) is 5.82 Å². The van der Waals surface area contributed by atoms with E-state index in [-0.39, 0.29) is 5.02 Å². The molecule has 1 aromatic heterocycles. The summed E-state index contributed by atoms with van der Waals surface area (Å²) in [5.41, 5.74) is 1.22. The van der Waals surface area contributed by atoms with Crippen molar-refractivity contribution in [2.75, 3.05) is 20.2 Å². The van der Waals surface area contributed by atoms with E-state index in [0.29, 0.717) is 30.0 Å². The van der Waals surface area contributed by atoms with Gasteiger partial charge in [0, 0.05) is 17.5 Å². The SMILES string of the molecule is CN1CCCC1COc1ccc2cc(C3CC3)c(Cl)c(F)c2n1. The van der Waals surface area contributed by atoms with Gasteiger partial charge in [-0.25, -0.2) is 9.37 Å². The van der Waals surface area contributed by atoms with Crippen molar-refractivity contribution < 1.29 is 9.13 Å². The van der Waals surface area contributed by atoms with Gasteiger partial charge in [-0.2, -0.15) is 0 Å². The number of halogens is 2. The molecule has 23 heavy (non-hydrogen) atoms. The summed E-state index contributed by atoms with van der Waals surface area (Å²) in [6, 6.07) is 6.08. The van der Waals surface area contributed by atoms with E-state index >= 15 is 0 Å². The maximum absolute atomic E-state index is 14.6. The summed E-state index contributed by atoms with van der Waals surface area (Å²) in [6.07, 6.45) is 4.52. The molecule has 122 valence electrons. The lowest BCUT2D eigenvalue weighted by Gasteiger charge is -2.19. The minimum atomic E-state index is -0.422. The lowest BCUT2D eigenvalue weighted by Crippen LogP contribution is -2.30. The van der Waals surface area contributed by atoms with Crippen molar-refractivity contribution in [3.05, 3.63) is 34.6 Å². The molecular weight excluding hydrogens is 315 g/mol. The highest BCUT2D eigenvalue weighted by Gasteiger charge is 2.28. The molecule has 1 saturated heterocycles. The molecule has 0 bridgehead atoms. The largest absolute Gasteiger partial charge is 0.476 e. The summed E-state index contributed by atoms with van der Waals surface area (Å²) in [6.45, 7) is 1.69. The monoisotopic (exact) mass is 334 g/mol. The number of fused-ring (bicyclic) bond motifs is 1. The van der Waals surface area contributed by atoms with Crippen LogP contribution in [0.1, 0.15) is 37.2 Å². The molecule has 3 nitrogen and oxygen atoms in total. The first-order valence-corrected chi connectivity index (χ1v) is 8.63. The third kappa shape index (κ3) is 2.90. The Labute approximate surface area is 140 Å². The second-order valence-corrected chi connectivity index (χ2v) is 7.05. The molecule has 1 unspecified atom stereocenters. The van der Waals surface area contributed by atoms with E-state index < -0.39 is 5.82 Å². The Kier molecular flexibility index (Phi) is 3.90. The molecule has 0 N–H and O–H groups in total. The molecule has 1 aliphatic carbocycles. The van der Waals surface area contributed by atoms with Crippen LogP contribution in [0.2, 0.25) is 5.02 Å². The van der Waals surface area contributed by atoms with Crippen molar-refractivity contribution in [2.45, 2.75) is 37.6 Å². The number of benzene rings is 1. The van der Waals surface area contributed by atoms with Crippen molar-refractivity contribution in [3.8, 4) is 5.88 Å². The van der Waals surface area contributed by atoms with Crippen molar-refractivity contribution >= 4 is 22.5 Å². The van der Waals surface area contributed by atoms with Gasteiger partial charge >= 0.3 is 0 Å². The van der Waals surface area contributed by atoms with Crippen LogP contribution in [0.3, 0.4) is 0 Å². The van der Waals surface area contributed by atoms with Gasteiger partial charge in [-0.15, -0.1) is 0 Å². The van der Waals surface area contributed by atoms with Crippen LogP contribution in [-0.2, 0) is 0 Å². The number of nitrogens with zero attached hydrogens (tertiary/aromatic N) is 2. The molecule has 1 aliphatic heterocycles. The van der Waals surface area contributed by atoms with E-state index in [1.54, 1.807) is 0 Å². The smallest absolute Gasteiger partial charge is 0.213 e. The Morgan fingerprint density at radius 2 is 2.17 bits per heavy atom. The Morgan fingerprint density at radius 3 is 2.87 bits per heavy atom. The fraction of sp³-hybridized carbons (Fsp3) is 0.500. The Hall–Kier alpha value is -1.39. The van der Waals surface area contributed by atoms with Crippen LogP contribution < -0.4 is 4.74 Å². The van der Waals surface area contributed by atoms with Gasteiger partial charge in [0.15, 0.2) is 5.82 Å². The fourth-order valence-electron chi connectivity index (χ4n) is 3.35. The quantitative estimate of drug-likeness (QED) is 0.829. The summed E-state index contributed by atoms with van der Waals surface area (Å²) in [4.78, 5) is 6.63. The van der Waals surface area contributed by atoms with Gasteiger partial charge < -0.3 is 9.64 Å². The van der Waals surface area contributed by atoms with Gasteiger partial charge in [-0.3, -0.25) is 0 Å². The minimum Gasteiger partial charge on any atom is -0.476 e. The van der Waals surface area contributed by atoms with E-state index in [1.807, 2.05) is 18.2 Å². The van der Waals surface area contributed by atoms with Gasteiger partial charge in [0.2, 0.25) is 5.88 Å². The van der Waals surface area contributed by atoms with Crippen LogP contribution in [0.25, 0.3) is 10.9 Å². The zero-order valence-electron chi connectivity index (χ0n) is 13.2. The third-order valence-corrected chi connectivity index (χ3v) is 5.36. The standard InChI is InChI=1S/C18H20ClFN2O/c1-22-8-2-3-13(22)10-23-15-7-6-12-9-14(11-4-5-11)16(19)17(20)18(12)21-15/h6-7,9,11,13H,2-5,8,10H2,1H3. The Bertz CT molecular complexity index is 747. The maximum Gasteiger partial charge on any atom is 0.213 e. The molecule has 0 spiro atoms. The molecule has 2 heterocycles. The summed E-state index contributed by atoms with van der Waals surface area (Å²) in [5, 5.41) is 1.01. The van der Waals surface area contributed by atoms with Gasteiger partial charge in [-0.05, 0) is 62.9 Å². The van der Waals surface area contributed by atoms with E-state index in [2.05, 4.69) is 16.9 Å². The van der Waals surface area contributed by atoms with Crippen LogP contribution in [0.15, 0.2) is 18.2 Å². The van der Waals surface area contributed by atoms with Crippen LogP contribution in [0.4, 0.5) is 4.39 Å². The molecule has 4 rings (SSSR count). The fourth-order valence-corrected chi connectivity index (χ4v) is 3.65. The van der Waals surface area contributed by atoms with Crippen molar-refractivity contribution in [1.29, 1.82) is 0 Å². The topological polar surface area (TPSA) is 25.4 Å². The predicted octanol–water partition coefficient (Wildman–Crippen LogP) is 4.38. The normalized spacial score (nSPS) is 22.0. The molecule has 5 heteroatoms. The average molecular weight is 335 g/mol. The number of likely N-dealkylation sites (tertiary alicyclic amines) is 1. The van der Waals surface area contributed by atoms with Crippen LogP contribution in [0.5, 0.6) is 5.88 Å². The summed E-state index contributed by atoms with van der Waals surface area (Å²) in [5.74, 6) is 0.455. The number of aromatic nitrogens is 1. The maximum atomic E-state index is 14.6. The molecule has 2 fully saturated rings. The zero-order valence-corrected chi connectivity index (χ0v) is 13.9. The van der Waals surface area contributed by atoms with Crippen molar-refractivity contribution in [2.24, 2.45) is 0 Å². The molecule has 0 radical (unpaired) electrons. The van der Waals surface area contributed by atoms with Crippen LogP contribution >= 0.6 is 11.6 Å². The Morgan fingerprint density at radius 1 is 1.35 bits per heavy atom. The number of ether oxygens (including phenoxy) is 1. The highest BCUT2D eigenvalue weighted by atomic mass is 35.5. The minimum absolute atomic E-state index is 0.222. The molecule has 2 aliphatic rings. The van der Waals surface area contributed by atoms with Gasteiger partial charge in [0.25, 0.3) is 0 Å². The number of hydrogen-bond donors (Lipinski definition) is 0. The first-order valence-electron chi connectivity index (χ1n) is 8.25. The second kappa shape index (κ2) is 5.91. The van der Waals surface area contributed by atoms with Crippen LogP contribution in [-0.4, -0.2) is 36.1 Å². The van der Waals surface area contributed by atoms with E-state index in [0.717, 1.165) is 36.8 Å². The summed E-state index contributed by atoms with van der Waals surface area (Å²) < 4.78 is 20.4. The number of rotatable bonds is 4. The first kappa shape index (κ1) is 15.2. The summed E-state index contributed by atoms with van der Waals surface area (Å²) >= 11 is 6.20. The highest BCUT2D eigenvalue weighted by molar-refractivity contribution is 6.32.